The lowest BCUT2D eigenvalue weighted by atomic mass is 10.0. The van der Waals surface area contributed by atoms with Crippen LogP contribution in [0.3, 0.4) is 0 Å². The Hall–Kier alpha value is -1.86. The van der Waals surface area contributed by atoms with Crippen LogP contribution in [0.5, 0.6) is 0 Å². The summed E-state index contributed by atoms with van der Waals surface area (Å²) in [7, 11) is 1.74. The largest absolute Gasteiger partial charge is 0.481 e. The summed E-state index contributed by atoms with van der Waals surface area (Å²) >= 11 is 5.93. The smallest absolute Gasteiger partial charge is 0.311 e. The summed E-state index contributed by atoms with van der Waals surface area (Å²) in [6, 6.07) is 2.55. The summed E-state index contributed by atoms with van der Waals surface area (Å²) in [5.74, 6) is -1.56. The van der Waals surface area contributed by atoms with E-state index in [1.165, 1.54) is 12.1 Å². The molecule has 0 radical (unpaired) electrons. The Kier molecular flexibility index (Phi) is 4.34. The third-order valence-corrected chi connectivity index (χ3v) is 4.01. The van der Waals surface area contributed by atoms with Crippen molar-refractivity contribution in [2.24, 2.45) is 5.92 Å². The molecule has 1 saturated heterocycles. The van der Waals surface area contributed by atoms with Gasteiger partial charge >= 0.3 is 5.97 Å². The van der Waals surface area contributed by atoms with Gasteiger partial charge < -0.3 is 14.7 Å². The summed E-state index contributed by atoms with van der Waals surface area (Å²) in [6.07, 6.45) is 0. The van der Waals surface area contributed by atoms with Crippen molar-refractivity contribution in [2.45, 2.75) is 13.0 Å². The minimum atomic E-state index is -0.921. The van der Waals surface area contributed by atoms with Crippen molar-refractivity contribution in [3.63, 3.8) is 0 Å². The molecule has 1 heterocycles. The number of halogens is 1. The normalized spacial score (nSPS) is 21.3. The summed E-state index contributed by atoms with van der Waals surface area (Å²) in [5.41, 5.74) is 1.15. The van der Waals surface area contributed by atoms with Crippen LogP contribution in [-0.2, 0) is 9.53 Å². The average Bonchev–Trinajstić information content (AvgIpc) is 2.89. The Labute approximate surface area is 126 Å². The van der Waals surface area contributed by atoms with Gasteiger partial charge in [0, 0.05) is 18.8 Å². The van der Waals surface area contributed by atoms with Crippen LogP contribution < -0.4 is 4.90 Å². The zero-order chi connectivity index (χ0) is 15.7. The number of anilines is 1. The summed E-state index contributed by atoms with van der Waals surface area (Å²) in [5, 5.41) is 20.1. The van der Waals surface area contributed by atoms with E-state index < -0.39 is 16.8 Å². The van der Waals surface area contributed by atoms with Gasteiger partial charge in [0.05, 0.1) is 24.2 Å². The summed E-state index contributed by atoms with van der Waals surface area (Å²) in [4.78, 5) is 23.3. The molecular formula is C13H15ClN2O5. The molecule has 8 heteroatoms. The molecule has 0 saturated carbocycles. The fraction of sp³-hybridized carbons (Fsp3) is 0.462. The monoisotopic (exact) mass is 314 g/mol. The highest BCUT2D eigenvalue weighted by Gasteiger charge is 2.37. The number of benzene rings is 1. The number of aryl methyl sites for hydroxylation is 1. The van der Waals surface area contributed by atoms with Crippen LogP contribution in [0.2, 0.25) is 5.02 Å². The SMILES string of the molecule is Cc1cc([N+](=O)[O-])c(Cl)cc1N(C)C1COCC1C(=O)O. The zero-order valence-corrected chi connectivity index (χ0v) is 12.3. The van der Waals surface area contributed by atoms with Crippen molar-refractivity contribution in [3.05, 3.63) is 32.8 Å². The van der Waals surface area contributed by atoms with Crippen molar-refractivity contribution < 1.29 is 19.6 Å². The first kappa shape index (κ1) is 15.5. The molecule has 2 atom stereocenters. The Morgan fingerprint density at radius 2 is 2.19 bits per heavy atom. The first-order valence-corrected chi connectivity index (χ1v) is 6.68. The highest BCUT2D eigenvalue weighted by atomic mass is 35.5. The van der Waals surface area contributed by atoms with Gasteiger partial charge in [-0.25, -0.2) is 0 Å². The first-order chi connectivity index (χ1) is 9.82. The number of carbonyl (C=O) groups is 1. The molecule has 0 aliphatic carbocycles. The molecule has 1 aromatic carbocycles. The number of nitro groups is 1. The Bertz CT molecular complexity index is 592. The summed E-state index contributed by atoms with van der Waals surface area (Å²) in [6.45, 7) is 2.17. The minimum Gasteiger partial charge on any atom is -0.481 e. The number of hydrogen-bond acceptors (Lipinski definition) is 5. The Balaban J connectivity index is 2.35. The van der Waals surface area contributed by atoms with Gasteiger partial charge in [-0.2, -0.15) is 0 Å². The average molecular weight is 315 g/mol. The molecule has 1 aromatic rings. The number of hydrogen-bond donors (Lipinski definition) is 1. The second kappa shape index (κ2) is 5.87. The molecule has 21 heavy (non-hydrogen) atoms. The minimum absolute atomic E-state index is 0.0261. The highest BCUT2D eigenvalue weighted by molar-refractivity contribution is 6.33. The van der Waals surface area contributed by atoms with Crippen LogP contribution in [0.1, 0.15) is 5.56 Å². The number of likely N-dealkylation sites (N-methyl/N-ethyl adjacent to an activating group) is 1. The van der Waals surface area contributed by atoms with Crippen LogP contribution in [-0.4, -0.2) is 42.3 Å². The molecule has 2 unspecified atom stereocenters. The van der Waals surface area contributed by atoms with E-state index in [0.29, 0.717) is 17.9 Å². The molecule has 2 rings (SSSR count). The highest BCUT2D eigenvalue weighted by Crippen LogP contribution is 2.34. The molecule has 7 nitrogen and oxygen atoms in total. The van der Waals surface area contributed by atoms with Crippen molar-refractivity contribution >= 4 is 28.9 Å². The van der Waals surface area contributed by atoms with Crippen LogP contribution in [0, 0.1) is 23.0 Å². The van der Waals surface area contributed by atoms with Crippen LogP contribution >= 0.6 is 11.6 Å². The van der Waals surface area contributed by atoms with E-state index in [-0.39, 0.29) is 23.4 Å². The fourth-order valence-electron chi connectivity index (χ4n) is 2.51. The number of carboxylic acid groups (broad SMARTS) is 1. The molecule has 1 aliphatic heterocycles. The van der Waals surface area contributed by atoms with Crippen molar-refractivity contribution in [1.29, 1.82) is 0 Å². The molecule has 1 fully saturated rings. The van der Waals surface area contributed by atoms with Gasteiger partial charge in [0.25, 0.3) is 5.69 Å². The van der Waals surface area contributed by atoms with Crippen LogP contribution in [0.4, 0.5) is 11.4 Å². The number of carboxylic acids is 1. The maximum Gasteiger partial charge on any atom is 0.311 e. The Morgan fingerprint density at radius 3 is 2.76 bits per heavy atom. The van der Waals surface area contributed by atoms with E-state index in [4.69, 9.17) is 16.3 Å². The van der Waals surface area contributed by atoms with Crippen LogP contribution in [0.15, 0.2) is 12.1 Å². The topological polar surface area (TPSA) is 92.9 Å². The van der Waals surface area contributed by atoms with E-state index in [9.17, 15) is 20.0 Å². The zero-order valence-electron chi connectivity index (χ0n) is 11.6. The van der Waals surface area contributed by atoms with E-state index >= 15 is 0 Å². The van der Waals surface area contributed by atoms with Gasteiger partial charge in [0.15, 0.2) is 0 Å². The second-order valence-electron chi connectivity index (χ2n) is 5.01. The van der Waals surface area contributed by atoms with Gasteiger partial charge in [-0.15, -0.1) is 0 Å². The predicted molar refractivity (Wildman–Crippen MR) is 77.0 cm³/mol. The van der Waals surface area contributed by atoms with Gasteiger partial charge in [-0.1, -0.05) is 11.6 Å². The molecule has 0 aromatic heterocycles. The van der Waals surface area contributed by atoms with Crippen molar-refractivity contribution in [1.82, 2.24) is 0 Å². The van der Waals surface area contributed by atoms with Gasteiger partial charge in [0.1, 0.15) is 10.9 Å². The number of nitrogens with zero attached hydrogens (tertiary/aromatic N) is 2. The quantitative estimate of drug-likeness (QED) is 0.675. The molecule has 0 bridgehead atoms. The molecular weight excluding hydrogens is 300 g/mol. The lowest BCUT2D eigenvalue weighted by molar-refractivity contribution is -0.384. The number of aliphatic carboxylic acids is 1. The summed E-state index contributed by atoms with van der Waals surface area (Å²) < 4.78 is 5.24. The van der Waals surface area contributed by atoms with Crippen molar-refractivity contribution in [3.8, 4) is 0 Å². The fourth-order valence-corrected chi connectivity index (χ4v) is 2.74. The number of nitro benzene ring substituents is 1. The first-order valence-electron chi connectivity index (χ1n) is 6.31. The van der Waals surface area contributed by atoms with Crippen LogP contribution in [0.25, 0.3) is 0 Å². The van der Waals surface area contributed by atoms with Crippen molar-refractivity contribution in [2.75, 3.05) is 25.2 Å². The predicted octanol–water partition coefficient (Wildman–Crippen LogP) is 2.09. The third-order valence-electron chi connectivity index (χ3n) is 3.71. The molecule has 0 amide bonds. The van der Waals surface area contributed by atoms with E-state index in [0.717, 1.165) is 0 Å². The van der Waals surface area contributed by atoms with E-state index in [1.807, 2.05) is 0 Å². The van der Waals surface area contributed by atoms with E-state index in [1.54, 1.807) is 18.9 Å². The second-order valence-corrected chi connectivity index (χ2v) is 5.41. The Morgan fingerprint density at radius 1 is 1.52 bits per heavy atom. The van der Waals surface area contributed by atoms with E-state index in [2.05, 4.69) is 0 Å². The van der Waals surface area contributed by atoms with Gasteiger partial charge in [0.2, 0.25) is 0 Å². The van der Waals surface area contributed by atoms with Gasteiger partial charge in [-0.05, 0) is 18.6 Å². The number of rotatable bonds is 4. The van der Waals surface area contributed by atoms with Gasteiger partial charge in [-0.3, -0.25) is 14.9 Å². The molecule has 0 spiro atoms. The lowest BCUT2D eigenvalue weighted by Crippen LogP contribution is -2.41. The maximum absolute atomic E-state index is 11.2. The molecule has 1 N–H and O–H groups in total. The standard InChI is InChI=1S/C13H15ClN2O5/c1-7-3-11(16(19)20)9(14)4-10(7)15(2)12-6-21-5-8(12)13(17)18/h3-4,8,12H,5-6H2,1-2H3,(H,17,18). The molecule has 114 valence electrons. The molecule has 1 aliphatic rings. The maximum atomic E-state index is 11.2. The lowest BCUT2D eigenvalue weighted by Gasteiger charge is -2.29. The third kappa shape index (κ3) is 2.93. The number of ether oxygens (including phenoxy) is 1.